The highest BCUT2D eigenvalue weighted by molar-refractivity contribution is 7.92. The van der Waals surface area contributed by atoms with Crippen molar-refractivity contribution < 1.29 is 13.2 Å². The van der Waals surface area contributed by atoms with Crippen molar-refractivity contribution in [3.05, 3.63) is 35.4 Å². The molecule has 0 atom stereocenters. The van der Waals surface area contributed by atoms with Gasteiger partial charge in [-0.25, -0.2) is 8.42 Å². The van der Waals surface area contributed by atoms with Gasteiger partial charge in [0.05, 0.1) is 7.11 Å². The van der Waals surface area contributed by atoms with Gasteiger partial charge in [-0.15, -0.1) is 10.2 Å². The second-order valence-corrected chi connectivity index (χ2v) is 7.52. The molecule has 0 aliphatic carbocycles. The highest BCUT2D eigenvalue weighted by Gasteiger charge is 2.21. The van der Waals surface area contributed by atoms with Crippen LogP contribution in [0, 0.1) is 0 Å². The quantitative estimate of drug-likeness (QED) is 0.716. The molecule has 0 aliphatic heterocycles. The molecule has 10 heteroatoms. The lowest BCUT2D eigenvalue weighted by molar-refractivity contribution is 0.403. The topological polar surface area (TPSA) is 96.5 Å². The lowest BCUT2D eigenvalue weighted by Crippen LogP contribution is -2.21. The molecule has 0 saturated heterocycles. The van der Waals surface area contributed by atoms with Crippen molar-refractivity contribution in [3.8, 4) is 5.75 Å². The van der Waals surface area contributed by atoms with Crippen LogP contribution < -0.4 is 14.8 Å². The third-order valence-corrected chi connectivity index (χ3v) is 4.79. The predicted molar refractivity (Wildman–Crippen MR) is 97.9 cm³/mol. The number of halogens is 1. The van der Waals surface area contributed by atoms with Gasteiger partial charge in [0, 0.05) is 18.1 Å². The van der Waals surface area contributed by atoms with Gasteiger partial charge in [-0.1, -0.05) is 11.6 Å². The molecule has 0 fully saturated rings. The van der Waals surface area contributed by atoms with Gasteiger partial charge in [0.15, 0.2) is 5.82 Å². The summed E-state index contributed by atoms with van der Waals surface area (Å²) in [6, 6.07) is 7.52. The van der Waals surface area contributed by atoms with Gasteiger partial charge >= 0.3 is 0 Å². The van der Waals surface area contributed by atoms with E-state index < -0.39 is 10.0 Å². The summed E-state index contributed by atoms with van der Waals surface area (Å²) in [6.45, 7) is 1.54. The Labute approximate surface area is 152 Å². The minimum Gasteiger partial charge on any atom is -0.495 e. The number of aromatic nitrogens is 2. The third-order valence-electron chi connectivity index (χ3n) is 3.18. The molecule has 0 amide bonds. The Morgan fingerprint density at radius 3 is 2.44 bits per heavy atom. The monoisotopic (exact) mass is 385 g/mol. The number of nitrogens with one attached hydrogen (secondary N) is 2. The second-order valence-electron chi connectivity index (χ2n) is 5.43. The summed E-state index contributed by atoms with van der Waals surface area (Å²) in [7, 11) is 1.41. The molecule has 2 rings (SSSR count). The smallest absolute Gasteiger partial charge is 0.266 e. The summed E-state index contributed by atoms with van der Waals surface area (Å²) in [5, 5.41) is 11.2. The fraction of sp³-hybridized carbons (Fsp3) is 0.333. The molecule has 1 aromatic heterocycles. The van der Waals surface area contributed by atoms with Crippen molar-refractivity contribution in [3.63, 3.8) is 0 Å². The van der Waals surface area contributed by atoms with Gasteiger partial charge in [-0.3, -0.25) is 4.72 Å². The third kappa shape index (κ3) is 5.45. The summed E-state index contributed by atoms with van der Waals surface area (Å²) in [6.07, 6.45) is 0. The van der Waals surface area contributed by atoms with Crippen molar-refractivity contribution in [1.29, 1.82) is 0 Å². The normalized spacial score (nSPS) is 11.4. The Kier molecular flexibility index (Phi) is 6.40. The second kappa shape index (κ2) is 8.32. The van der Waals surface area contributed by atoms with Crippen LogP contribution in [0.4, 0.5) is 11.6 Å². The number of hydrogen-bond donors (Lipinski definition) is 2. The fourth-order valence-electron chi connectivity index (χ4n) is 1.94. The van der Waals surface area contributed by atoms with Gasteiger partial charge in [0.1, 0.15) is 16.5 Å². The van der Waals surface area contributed by atoms with Crippen LogP contribution in [0.25, 0.3) is 0 Å². The van der Waals surface area contributed by atoms with Crippen LogP contribution in [-0.2, 0) is 10.0 Å². The maximum absolute atomic E-state index is 12.5. The van der Waals surface area contributed by atoms with Crippen molar-refractivity contribution in [2.45, 2.75) is 4.90 Å². The SMILES string of the molecule is COc1ccc(Cl)cc1S(=O)(=O)Nc1ccc(NCCN(C)C)nn1. The van der Waals surface area contributed by atoms with Gasteiger partial charge < -0.3 is 15.0 Å². The van der Waals surface area contributed by atoms with E-state index in [1.807, 2.05) is 19.0 Å². The Hall–Kier alpha value is -2.10. The molecule has 0 radical (unpaired) electrons. The molecule has 0 aliphatic rings. The zero-order valence-corrected chi connectivity index (χ0v) is 15.7. The molecule has 2 N–H and O–H groups in total. The maximum Gasteiger partial charge on any atom is 0.266 e. The number of methoxy groups -OCH3 is 1. The van der Waals surface area contributed by atoms with Crippen LogP contribution in [0.1, 0.15) is 0 Å². The van der Waals surface area contributed by atoms with Crippen LogP contribution in [0.3, 0.4) is 0 Å². The average Bonchev–Trinajstić information content (AvgIpc) is 2.56. The molecule has 1 aromatic carbocycles. The van der Waals surface area contributed by atoms with Crippen LogP contribution in [0.15, 0.2) is 35.2 Å². The van der Waals surface area contributed by atoms with Crippen LogP contribution in [0.5, 0.6) is 5.75 Å². The van der Waals surface area contributed by atoms with Gasteiger partial charge in [-0.05, 0) is 44.4 Å². The minimum absolute atomic E-state index is 0.0718. The van der Waals surface area contributed by atoms with Crippen molar-refractivity contribution in [2.24, 2.45) is 0 Å². The Morgan fingerprint density at radius 1 is 1.16 bits per heavy atom. The first-order valence-corrected chi connectivity index (χ1v) is 9.26. The maximum atomic E-state index is 12.5. The molecule has 0 bridgehead atoms. The number of likely N-dealkylation sites (N-methyl/N-ethyl adjacent to an activating group) is 1. The van der Waals surface area contributed by atoms with Crippen molar-refractivity contribution in [2.75, 3.05) is 44.3 Å². The summed E-state index contributed by atoms with van der Waals surface area (Å²) < 4.78 is 32.5. The number of benzene rings is 1. The van der Waals surface area contributed by atoms with E-state index in [4.69, 9.17) is 16.3 Å². The summed E-state index contributed by atoms with van der Waals surface area (Å²) >= 11 is 5.89. The largest absolute Gasteiger partial charge is 0.495 e. The van der Waals surface area contributed by atoms with E-state index in [9.17, 15) is 8.42 Å². The van der Waals surface area contributed by atoms with Crippen molar-refractivity contribution in [1.82, 2.24) is 15.1 Å². The number of anilines is 2. The zero-order valence-electron chi connectivity index (χ0n) is 14.2. The number of hydrogen-bond acceptors (Lipinski definition) is 7. The van der Waals surface area contributed by atoms with E-state index in [0.29, 0.717) is 12.4 Å². The lowest BCUT2D eigenvalue weighted by atomic mass is 10.3. The Balaban J connectivity index is 2.12. The van der Waals surface area contributed by atoms with E-state index >= 15 is 0 Å². The van der Waals surface area contributed by atoms with Gasteiger partial charge in [0.25, 0.3) is 10.0 Å². The number of rotatable bonds is 8. The molecule has 136 valence electrons. The van der Waals surface area contributed by atoms with Crippen LogP contribution >= 0.6 is 11.6 Å². The number of ether oxygens (including phenoxy) is 1. The fourth-order valence-corrected chi connectivity index (χ4v) is 3.37. The Morgan fingerprint density at radius 2 is 1.84 bits per heavy atom. The molecular weight excluding hydrogens is 366 g/mol. The van der Waals surface area contributed by atoms with Crippen LogP contribution in [-0.4, -0.2) is 57.8 Å². The Bertz CT molecular complexity index is 812. The molecule has 8 nitrogen and oxygen atoms in total. The molecule has 2 aromatic rings. The molecule has 25 heavy (non-hydrogen) atoms. The predicted octanol–water partition coefficient (Wildman–Crippen LogP) is 1.91. The first kappa shape index (κ1) is 19.2. The zero-order chi connectivity index (χ0) is 18.4. The van der Waals surface area contributed by atoms with E-state index in [1.54, 1.807) is 12.1 Å². The first-order valence-electron chi connectivity index (χ1n) is 7.40. The molecule has 0 saturated carbocycles. The van der Waals surface area contributed by atoms with E-state index in [2.05, 4.69) is 20.2 Å². The molecule has 0 unspecified atom stereocenters. The summed E-state index contributed by atoms with van der Waals surface area (Å²) in [5.74, 6) is 0.845. The van der Waals surface area contributed by atoms with Crippen LogP contribution in [0.2, 0.25) is 5.02 Å². The summed E-state index contributed by atoms with van der Waals surface area (Å²) in [5.41, 5.74) is 0. The van der Waals surface area contributed by atoms with Crippen molar-refractivity contribution >= 4 is 33.3 Å². The van der Waals surface area contributed by atoms with E-state index in [-0.39, 0.29) is 21.5 Å². The first-order chi connectivity index (χ1) is 11.8. The molecular formula is C15H20ClN5O3S. The minimum atomic E-state index is -3.91. The highest BCUT2D eigenvalue weighted by Crippen LogP contribution is 2.28. The number of sulfonamides is 1. The lowest BCUT2D eigenvalue weighted by Gasteiger charge is -2.12. The molecule has 1 heterocycles. The van der Waals surface area contributed by atoms with E-state index in [0.717, 1.165) is 6.54 Å². The van der Waals surface area contributed by atoms with Gasteiger partial charge in [-0.2, -0.15) is 0 Å². The summed E-state index contributed by atoms with van der Waals surface area (Å²) in [4.78, 5) is 1.96. The standard InChI is InChI=1S/C15H20ClN5O3S/c1-21(2)9-8-17-14-6-7-15(19-18-14)20-25(22,23)13-10-11(16)4-5-12(13)24-3/h4-7,10H,8-9H2,1-3H3,(H,17,18)(H,19,20). The number of nitrogens with zero attached hydrogens (tertiary/aromatic N) is 3. The average molecular weight is 386 g/mol. The highest BCUT2D eigenvalue weighted by atomic mass is 35.5. The van der Waals surface area contributed by atoms with Gasteiger partial charge in [0.2, 0.25) is 0 Å². The van der Waals surface area contributed by atoms with E-state index in [1.165, 1.54) is 25.3 Å². The molecule has 0 spiro atoms.